The molecule has 1 aliphatic heterocycles. The van der Waals surface area contributed by atoms with Gasteiger partial charge in [0.15, 0.2) is 0 Å². The van der Waals surface area contributed by atoms with Crippen LogP contribution in [-0.2, 0) is 16.4 Å². The summed E-state index contributed by atoms with van der Waals surface area (Å²) in [6.07, 6.45) is 4.36. The Hall–Kier alpha value is -0.870. The normalized spacial score (nSPS) is 22.4. The Morgan fingerprint density at radius 1 is 1.11 bits per heavy atom. The maximum absolute atomic E-state index is 12.4. The second kappa shape index (κ2) is 4.35. The fraction of sp³-hybridized carbons (Fsp3) is 0.571. The topological polar surface area (TPSA) is 37.4 Å². The molecule has 1 aliphatic carbocycles. The molecule has 1 aromatic carbocycles. The van der Waals surface area contributed by atoms with E-state index in [4.69, 9.17) is 0 Å². The molecule has 1 saturated carbocycles. The van der Waals surface area contributed by atoms with Gasteiger partial charge in [0.1, 0.15) is 0 Å². The Kier molecular flexibility index (Phi) is 2.94. The molecule has 1 heterocycles. The van der Waals surface area contributed by atoms with Crippen molar-refractivity contribution in [1.82, 2.24) is 4.31 Å². The van der Waals surface area contributed by atoms with Crippen LogP contribution in [0.4, 0.5) is 0 Å². The minimum atomic E-state index is -3.03. The number of hydrogen-bond acceptors (Lipinski definition) is 2. The molecule has 0 aromatic heterocycles. The van der Waals surface area contributed by atoms with E-state index >= 15 is 0 Å². The number of benzene rings is 1. The van der Waals surface area contributed by atoms with Crippen LogP contribution in [0.25, 0.3) is 0 Å². The second-order valence-corrected chi connectivity index (χ2v) is 7.76. The van der Waals surface area contributed by atoms with Crippen molar-refractivity contribution in [3.63, 3.8) is 0 Å². The number of sulfonamides is 1. The largest absolute Gasteiger partial charge is 0.219 e. The van der Waals surface area contributed by atoms with Gasteiger partial charge in [0.2, 0.25) is 10.0 Å². The number of nitrogens with zero attached hydrogens (tertiary/aromatic N) is 1. The summed E-state index contributed by atoms with van der Waals surface area (Å²) in [5, 5.41) is 0. The molecule has 1 aromatic rings. The molecule has 0 bridgehead atoms. The summed E-state index contributed by atoms with van der Waals surface area (Å²) in [4.78, 5) is 0. The van der Waals surface area contributed by atoms with E-state index in [1.54, 1.807) is 4.31 Å². The van der Waals surface area contributed by atoms with Crippen molar-refractivity contribution in [2.75, 3.05) is 13.1 Å². The first-order valence-electron chi connectivity index (χ1n) is 6.68. The summed E-state index contributed by atoms with van der Waals surface area (Å²) < 4.78 is 26.1. The third-order valence-corrected chi connectivity index (χ3v) is 6.97. The van der Waals surface area contributed by atoms with Crippen LogP contribution in [0.15, 0.2) is 30.3 Å². The van der Waals surface area contributed by atoms with Crippen LogP contribution in [0.2, 0.25) is 0 Å². The van der Waals surface area contributed by atoms with E-state index < -0.39 is 14.8 Å². The molecule has 3 rings (SSSR count). The highest BCUT2D eigenvalue weighted by Crippen LogP contribution is 2.49. The third kappa shape index (κ3) is 1.97. The second-order valence-electron chi connectivity index (χ2n) is 5.43. The van der Waals surface area contributed by atoms with Gasteiger partial charge in [-0.25, -0.2) is 12.7 Å². The Balaban J connectivity index is 1.69. The molecule has 1 saturated heterocycles. The van der Waals surface area contributed by atoms with E-state index in [-0.39, 0.29) is 0 Å². The highest BCUT2D eigenvalue weighted by molar-refractivity contribution is 7.90. The van der Waals surface area contributed by atoms with E-state index in [2.05, 4.69) is 12.1 Å². The fourth-order valence-electron chi connectivity index (χ4n) is 2.59. The lowest BCUT2D eigenvalue weighted by atomic mass is 10.1. The van der Waals surface area contributed by atoms with Gasteiger partial charge in [-0.2, -0.15) is 0 Å². The molecule has 98 valence electrons. The van der Waals surface area contributed by atoms with Crippen molar-refractivity contribution in [1.29, 1.82) is 0 Å². The molecule has 0 unspecified atom stereocenters. The van der Waals surface area contributed by atoms with Crippen LogP contribution >= 0.6 is 0 Å². The van der Waals surface area contributed by atoms with Crippen LogP contribution in [0.3, 0.4) is 0 Å². The molecule has 0 atom stereocenters. The smallest absolute Gasteiger partial charge is 0.212 e. The molecule has 3 nitrogen and oxygen atoms in total. The monoisotopic (exact) mass is 265 g/mol. The third-order valence-electron chi connectivity index (χ3n) is 4.22. The first kappa shape index (κ1) is 12.2. The molecule has 2 aliphatic rings. The summed E-state index contributed by atoms with van der Waals surface area (Å²) in [6.45, 7) is 1.46. The quantitative estimate of drug-likeness (QED) is 0.818. The van der Waals surface area contributed by atoms with Gasteiger partial charge in [0.25, 0.3) is 0 Å². The van der Waals surface area contributed by atoms with Crippen molar-refractivity contribution < 1.29 is 8.42 Å². The van der Waals surface area contributed by atoms with E-state index in [1.807, 2.05) is 18.2 Å². The summed E-state index contributed by atoms with van der Waals surface area (Å²) in [6, 6.07) is 10.2. The standard InChI is InChI=1S/C14H19NO2S/c16-18(17,15-11-4-12-15)14(9-10-14)8-7-13-5-2-1-3-6-13/h1-3,5-6H,4,7-12H2. The average Bonchev–Trinajstić information content (AvgIpc) is 3.06. The molecule has 0 N–H and O–H groups in total. The van der Waals surface area contributed by atoms with Crippen molar-refractivity contribution in [3.05, 3.63) is 35.9 Å². The Morgan fingerprint density at radius 3 is 2.28 bits per heavy atom. The van der Waals surface area contributed by atoms with Crippen molar-refractivity contribution in [2.45, 2.75) is 36.9 Å². The lowest BCUT2D eigenvalue weighted by Crippen LogP contribution is -2.47. The summed E-state index contributed by atoms with van der Waals surface area (Å²) >= 11 is 0. The highest BCUT2D eigenvalue weighted by atomic mass is 32.2. The molecular weight excluding hydrogens is 246 g/mol. The van der Waals surface area contributed by atoms with Crippen molar-refractivity contribution in [3.8, 4) is 0 Å². The SMILES string of the molecule is O=S(=O)(N1CCC1)C1(CCc2ccccc2)CC1. The van der Waals surface area contributed by atoms with Crippen LogP contribution in [0, 0.1) is 0 Å². The fourth-order valence-corrected chi connectivity index (χ4v) is 4.86. The van der Waals surface area contributed by atoms with E-state index in [1.165, 1.54) is 5.56 Å². The predicted molar refractivity (Wildman–Crippen MR) is 71.8 cm³/mol. The van der Waals surface area contributed by atoms with Crippen molar-refractivity contribution >= 4 is 10.0 Å². The van der Waals surface area contributed by atoms with Crippen LogP contribution in [0.1, 0.15) is 31.2 Å². The molecule has 18 heavy (non-hydrogen) atoms. The van der Waals surface area contributed by atoms with Crippen molar-refractivity contribution in [2.24, 2.45) is 0 Å². The lowest BCUT2D eigenvalue weighted by molar-refractivity contribution is 0.302. The zero-order valence-corrected chi connectivity index (χ0v) is 11.3. The molecule has 0 radical (unpaired) electrons. The lowest BCUT2D eigenvalue weighted by Gasteiger charge is -2.33. The first-order valence-corrected chi connectivity index (χ1v) is 8.12. The maximum Gasteiger partial charge on any atom is 0.219 e. The first-order chi connectivity index (χ1) is 8.64. The Labute approximate surface area is 109 Å². The van der Waals surface area contributed by atoms with Crippen LogP contribution in [-0.4, -0.2) is 30.6 Å². The van der Waals surface area contributed by atoms with Gasteiger partial charge in [-0.05, 0) is 37.7 Å². The van der Waals surface area contributed by atoms with Gasteiger partial charge in [-0.3, -0.25) is 0 Å². The molecule has 0 amide bonds. The zero-order chi connectivity index (χ0) is 12.6. The van der Waals surface area contributed by atoms with Gasteiger partial charge in [0.05, 0.1) is 4.75 Å². The minimum Gasteiger partial charge on any atom is -0.212 e. The van der Waals surface area contributed by atoms with Gasteiger partial charge >= 0.3 is 0 Å². The van der Waals surface area contributed by atoms with Gasteiger partial charge in [-0.15, -0.1) is 0 Å². The van der Waals surface area contributed by atoms with Crippen LogP contribution < -0.4 is 0 Å². The number of aryl methyl sites for hydroxylation is 1. The summed E-state index contributed by atoms with van der Waals surface area (Å²) in [7, 11) is -3.03. The zero-order valence-electron chi connectivity index (χ0n) is 10.5. The number of hydrogen-bond donors (Lipinski definition) is 0. The average molecular weight is 265 g/mol. The molecule has 0 spiro atoms. The van der Waals surface area contributed by atoms with Gasteiger partial charge in [0, 0.05) is 13.1 Å². The Bertz CT molecular complexity index is 516. The van der Waals surface area contributed by atoms with E-state index in [0.29, 0.717) is 0 Å². The number of rotatable bonds is 5. The van der Waals surface area contributed by atoms with Crippen LogP contribution in [0.5, 0.6) is 0 Å². The van der Waals surface area contributed by atoms with E-state index in [0.717, 1.165) is 45.2 Å². The van der Waals surface area contributed by atoms with Gasteiger partial charge in [-0.1, -0.05) is 30.3 Å². The minimum absolute atomic E-state index is 0.427. The molecule has 4 heteroatoms. The summed E-state index contributed by atoms with van der Waals surface area (Å²) in [5.74, 6) is 0. The Morgan fingerprint density at radius 2 is 1.78 bits per heavy atom. The summed E-state index contributed by atoms with van der Waals surface area (Å²) in [5.41, 5.74) is 1.24. The van der Waals surface area contributed by atoms with Gasteiger partial charge < -0.3 is 0 Å². The maximum atomic E-state index is 12.4. The molecular formula is C14H19NO2S. The molecule has 2 fully saturated rings. The predicted octanol–water partition coefficient (Wildman–Crippen LogP) is 2.19. The highest BCUT2D eigenvalue weighted by Gasteiger charge is 2.56. The van der Waals surface area contributed by atoms with E-state index in [9.17, 15) is 8.42 Å².